The Morgan fingerprint density at radius 1 is 0.875 bits per heavy atom. The van der Waals surface area contributed by atoms with Gasteiger partial charge in [0, 0.05) is 0 Å². The third-order valence-electron chi connectivity index (χ3n) is 4.26. The van der Waals surface area contributed by atoms with Crippen molar-refractivity contribution in [2.24, 2.45) is 0 Å². The van der Waals surface area contributed by atoms with Crippen LogP contribution in [0.3, 0.4) is 0 Å². The van der Waals surface area contributed by atoms with Crippen molar-refractivity contribution in [3.8, 4) is 0 Å². The van der Waals surface area contributed by atoms with Crippen LogP contribution in [0.1, 0.15) is 12.8 Å². The third-order valence-corrected chi connectivity index (χ3v) is 9.05. The van der Waals surface area contributed by atoms with Gasteiger partial charge in [0.25, 0.3) is 0 Å². The van der Waals surface area contributed by atoms with Crippen LogP contribution in [0.4, 0.5) is 0 Å². The summed E-state index contributed by atoms with van der Waals surface area (Å²) in [5.41, 5.74) is 0. The first kappa shape index (κ1) is 10.5. The lowest BCUT2D eigenvalue weighted by Crippen LogP contribution is -2.76. The van der Waals surface area contributed by atoms with Crippen molar-refractivity contribution in [1.29, 1.82) is 0 Å². The number of hydrogen-bond donors (Lipinski definition) is 0. The Labute approximate surface area is 99.0 Å². The van der Waals surface area contributed by atoms with Crippen LogP contribution in [0.2, 0.25) is 6.55 Å². The highest BCUT2D eigenvalue weighted by Gasteiger charge is 2.46. The average Bonchev–Trinajstić information content (AvgIpc) is 2.13. The second-order valence-electron chi connectivity index (χ2n) is 5.07. The smallest absolute Gasteiger partial charge is 0.236 e. The van der Waals surface area contributed by atoms with Gasteiger partial charge in [0.15, 0.2) is 0 Å². The minimum absolute atomic E-state index is 1.31. The van der Waals surface area contributed by atoms with Gasteiger partial charge in [-0.1, -0.05) is 30.3 Å². The molecule has 1 aromatic rings. The van der Waals surface area contributed by atoms with Crippen LogP contribution in [0.5, 0.6) is 0 Å². The van der Waals surface area contributed by atoms with Crippen LogP contribution in [-0.2, 0) is 0 Å². The molecule has 0 aliphatic carbocycles. The minimum Gasteiger partial charge on any atom is -0.308 e. The summed E-state index contributed by atoms with van der Waals surface area (Å²) in [5.74, 6) is 0. The average molecular weight is 232 g/mol. The van der Waals surface area contributed by atoms with E-state index in [0.717, 1.165) is 0 Å². The van der Waals surface area contributed by atoms with Gasteiger partial charge in [-0.2, -0.15) is 0 Å². The molecule has 2 aliphatic rings. The number of rotatable bonds is 3. The van der Waals surface area contributed by atoms with Crippen molar-refractivity contribution in [3.63, 3.8) is 0 Å². The molecule has 1 aromatic carbocycles. The summed E-state index contributed by atoms with van der Waals surface area (Å²) in [6, 6.07) is 11.2. The Hall–Kier alpha value is -0.643. The van der Waals surface area contributed by atoms with Gasteiger partial charge >= 0.3 is 0 Å². The van der Waals surface area contributed by atoms with Crippen LogP contribution in [0, 0.1) is 0 Å². The fourth-order valence-corrected chi connectivity index (χ4v) is 7.15. The van der Waals surface area contributed by atoms with Gasteiger partial charge in [-0.15, -0.1) is 0 Å². The highest BCUT2D eigenvalue weighted by molar-refractivity contribution is 6.86. The molecule has 0 aromatic heterocycles. The zero-order valence-electron chi connectivity index (χ0n) is 10.0. The van der Waals surface area contributed by atoms with E-state index in [1.807, 2.05) is 0 Å². The number of benzene rings is 1. The van der Waals surface area contributed by atoms with Crippen molar-refractivity contribution in [2.75, 3.05) is 26.2 Å². The predicted molar refractivity (Wildman–Crippen MR) is 70.1 cm³/mol. The van der Waals surface area contributed by atoms with Crippen LogP contribution >= 0.6 is 0 Å². The molecule has 16 heavy (non-hydrogen) atoms. The fourth-order valence-electron chi connectivity index (χ4n) is 2.82. The highest BCUT2D eigenvalue weighted by atomic mass is 28.3. The SMILES string of the molecule is C[Si](c1ccccc1)(N1CCC1)N1CCC1. The van der Waals surface area contributed by atoms with Crippen molar-refractivity contribution >= 4 is 13.6 Å². The molecule has 3 heteroatoms. The quantitative estimate of drug-likeness (QED) is 0.727. The maximum Gasteiger partial charge on any atom is 0.236 e. The van der Waals surface area contributed by atoms with Gasteiger partial charge in [-0.3, -0.25) is 0 Å². The fraction of sp³-hybridized carbons (Fsp3) is 0.538. The Bertz CT molecular complexity index is 343. The molecule has 0 bridgehead atoms. The molecular weight excluding hydrogens is 212 g/mol. The van der Waals surface area contributed by atoms with E-state index in [1.54, 1.807) is 5.19 Å². The second kappa shape index (κ2) is 3.98. The molecule has 0 saturated carbocycles. The van der Waals surface area contributed by atoms with Crippen LogP contribution < -0.4 is 5.19 Å². The summed E-state index contributed by atoms with van der Waals surface area (Å²) >= 11 is 0. The highest BCUT2D eigenvalue weighted by Crippen LogP contribution is 2.26. The molecule has 0 atom stereocenters. The second-order valence-corrected chi connectivity index (χ2v) is 8.95. The molecule has 0 N–H and O–H groups in total. The van der Waals surface area contributed by atoms with Crippen molar-refractivity contribution in [1.82, 2.24) is 9.13 Å². The van der Waals surface area contributed by atoms with E-state index in [0.29, 0.717) is 0 Å². The maximum absolute atomic E-state index is 2.75. The molecule has 0 radical (unpaired) electrons. The molecule has 2 nitrogen and oxygen atoms in total. The van der Waals surface area contributed by atoms with Crippen molar-refractivity contribution in [2.45, 2.75) is 19.4 Å². The topological polar surface area (TPSA) is 6.48 Å². The molecule has 0 unspecified atom stereocenters. The normalized spacial score (nSPS) is 22.6. The first-order valence-electron chi connectivity index (χ1n) is 6.37. The molecule has 2 saturated heterocycles. The summed E-state index contributed by atoms with van der Waals surface area (Å²) in [4.78, 5) is 0. The largest absolute Gasteiger partial charge is 0.308 e. The zero-order chi connectivity index (χ0) is 11.0. The van der Waals surface area contributed by atoms with Gasteiger partial charge in [0.05, 0.1) is 0 Å². The molecule has 0 spiro atoms. The molecule has 2 fully saturated rings. The number of nitrogens with zero attached hydrogens (tertiary/aromatic N) is 2. The first-order chi connectivity index (χ1) is 7.82. The van der Waals surface area contributed by atoms with Gasteiger partial charge in [-0.25, -0.2) is 0 Å². The monoisotopic (exact) mass is 232 g/mol. The Morgan fingerprint density at radius 3 is 1.75 bits per heavy atom. The number of hydrogen-bond acceptors (Lipinski definition) is 2. The molecular formula is C13H20N2Si. The van der Waals surface area contributed by atoms with Crippen LogP contribution in [0.25, 0.3) is 0 Å². The lowest BCUT2D eigenvalue weighted by molar-refractivity contribution is 0.220. The Balaban J connectivity index is 1.94. The molecule has 2 aliphatic heterocycles. The maximum atomic E-state index is 2.75. The van der Waals surface area contributed by atoms with Crippen molar-refractivity contribution in [3.05, 3.63) is 30.3 Å². The van der Waals surface area contributed by atoms with E-state index in [-0.39, 0.29) is 0 Å². The van der Waals surface area contributed by atoms with Gasteiger partial charge in [0.1, 0.15) is 0 Å². The lowest BCUT2D eigenvalue weighted by atomic mass is 10.3. The van der Waals surface area contributed by atoms with Crippen LogP contribution in [0.15, 0.2) is 30.3 Å². The van der Waals surface area contributed by atoms with E-state index in [1.165, 1.54) is 39.0 Å². The molecule has 86 valence electrons. The Morgan fingerprint density at radius 2 is 1.38 bits per heavy atom. The third kappa shape index (κ3) is 1.46. The van der Waals surface area contributed by atoms with E-state index >= 15 is 0 Å². The van der Waals surface area contributed by atoms with E-state index in [2.05, 4.69) is 46.0 Å². The predicted octanol–water partition coefficient (Wildman–Crippen LogP) is 1.38. The first-order valence-corrected chi connectivity index (χ1v) is 8.77. The summed E-state index contributed by atoms with van der Waals surface area (Å²) in [5, 5.41) is 1.59. The van der Waals surface area contributed by atoms with Gasteiger partial charge in [0.2, 0.25) is 8.40 Å². The standard InChI is InChI=1S/C13H20N2Si/c1-16(14-9-5-10-14,15-11-6-12-15)13-7-3-2-4-8-13/h2-4,7-8H,5-6,9-12H2,1H3. The van der Waals surface area contributed by atoms with Gasteiger partial charge in [-0.05, 0) is 50.8 Å². The lowest BCUT2D eigenvalue weighted by Gasteiger charge is -2.54. The molecule has 2 heterocycles. The van der Waals surface area contributed by atoms with E-state index in [9.17, 15) is 0 Å². The van der Waals surface area contributed by atoms with E-state index < -0.39 is 8.40 Å². The summed E-state index contributed by atoms with van der Waals surface area (Å²) in [6.07, 6.45) is 2.78. The molecule has 0 amide bonds. The minimum atomic E-state index is -1.49. The molecule has 3 rings (SSSR count). The summed E-state index contributed by atoms with van der Waals surface area (Å²) in [6.45, 7) is 7.78. The van der Waals surface area contributed by atoms with Crippen LogP contribution in [-0.4, -0.2) is 43.7 Å². The van der Waals surface area contributed by atoms with Gasteiger partial charge < -0.3 is 9.13 Å². The zero-order valence-corrected chi connectivity index (χ0v) is 11.0. The van der Waals surface area contributed by atoms with Crippen molar-refractivity contribution < 1.29 is 0 Å². The summed E-state index contributed by atoms with van der Waals surface area (Å²) in [7, 11) is -1.49. The Kier molecular flexibility index (Phi) is 2.62. The summed E-state index contributed by atoms with van der Waals surface area (Å²) < 4.78 is 5.50. The van der Waals surface area contributed by atoms with E-state index in [4.69, 9.17) is 0 Å².